The molecule has 1 aromatic rings. The van der Waals surface area contributed by atoms with Gasteiger partial charge >= 0.3 is 0 Å². The molecule has 16 heavy (non-hydrogen) atoms. The van der Waals surface area contributed by atoms with Crippen molar-refractivity contribution in [1.82, 2.24) is 0 Å². The van der Waals surface area contributed by atoms with Crippen LogP contribution in [0.5, 0.6) is 23.0 Å². The minimum absolute atomic E-state index is 0.553. The van der Waals surface area contributed by atoms with Gasteiger partial charge in [0.25, 0.3) is 0 Å². The van der Waals surface area contributed by atoms with Crippen molar-refractivity contribution >= 4 is 22.6 Å². The summed E-state index contributed by atoms with van der Waals surface area (Å²) in [6.45, 7) is 1.95. The second-order valence-corrected chi connectivity index (χ2v) is 4.15. The maximum Gasteiger partial charge on any atom is 0.208 e. The highest BCUT2D eigenvalue weighted by molar-refractivity contribution is 14.1. The smallest absolute Gasteiger partial charge is 0.208 e. The lowest BCUT2D eigenvalue weighted by Crippen LogP contribution is -2.02. The fourth-order valence-corrected chi connectivity index (χ4v) is 2.26. The molecule has 0 fully saturated rings. The molecule has 0 unspecified atom stereocenters. The SMILES string of the molecule is COc1c(C)c(I)c(OC)c(OC)c1OC. The molecule has 4 nitrogen and oxygen atoms in total. The molecule has 1 aromatic carbocycles. The van der Waals surface area contributed by atoms with E-state index in [-0.39, 0.29) is 0 Å². The van der Waals surface area contributed by atoms with Gasteiger partial charge in [-0.1, -0.05) is 0 Å². The first-order valence-corrected chi connectivity index (χ1v) is 5.72. The summed E-state index contributed by atoms with van der Waals surface area (Å²) in [6, 6.07) is 0. The molecule has 0 saturated heterocycles. The van der Waals surface area contributed by atoms with Gasteiger partial charge in [0, 0.05) is 5.56 Å². The molecule has 0 atom stereocenters. The lowest BCUT2D eigenvalue weighted by molar-refractivity contribution is 0.303. The summed E-state index contributed by atoms with van der Waals surface area (Å²) >= 11 is 2.20. The van der Waals surface area contributed by atoms with Gasteiger partial charge in [0.2, 0.25) is 11.5 Å². The van der Waals surface area contributed by atoms with Crippen LogP contribution in [0.25, 0.3) is 0 Å². The molecule has 0 bridgehead atoms. The first-order valence-electron chi connectivity index (χ1n) is 4.64. The first kappa shape index (κ1) is 13.2. The van der Waals surface area contributed by atoms with Crippen LogP contribution in [0.2, 0.25) is 0 Å². The Labute approximate surface area is 109 Å². The molecule has 0 heterocycles. The molecule has 90 valence electrons. The zero-order chi connectivity index (χ0) is 12.3. The summed E-state index contributed by atoms with van der Waals surface area (Å²) in [4.78, 5) is 0. The van der Waals surface area contributed by atoms with Crippen LogP contribution in [0.15, 0.2) is 0 Å². The van der Waals surface area contributed by atoms with Crippen molar-refractivity contribution in [2.45, 2.75) is 6.92 Å². The van der Waals surface area contributed by atoms with Gasteiger partial charge in [0.15, 0.2) is 11.5 Å². The average Bonchev–Trinajstić information content (AvgIpc) is 2.31. The van der Waals surface area contributed by atoms with Gasteiger partial charge in [-0.05, 0) is 29.5 Å². The van der Waals surface area contributed by atoms with E-state index in [1.807, 2.05) is 6.92 Å². The van der Waals surface area contributed by atoms with Gasteiger partial charge in [0.05, 0.1) is 32.0 Å². The molecule has 5 heteroatoms. The molecule has 0 spiro atoms. The third-order valence-corrected chi connectivity index (χ3v) is 3.60. The molecule has 0 aromatic heterocycles. The quantitative estimate of drug-likeness (QED) is 0.791. The van der Waals surface area contributed by atoms with E-state index in [0.717, 1.165) is 9.13 Å². The van der Waals surface area contributed by atoms with Crippen LogP contribution < -0.4 is 18.9 Å². The van der Waals surface area contributed by atoms with Crippen molar-refractivity contribution in [2.24, 2.45) is 0 Å². The van der Waals surface area contributed by atoms with Crippen molar-refractivity contribution in [3.63, 3.8) is 0 Å². The predicted octanol–water partition coefficient (Wildman–Crippen LogP) is 2.63. The molecule has 0 N–H and O–H groups in total. The fraction of sp³-hybridized carbons (Fsp3) is 0.455. The van der Waals surface area contributed by atoms with Crippen LogP contribution in [0.3, 0.4) is 0 Å². The maximum atomic E-state index is 5.32. The van der Waals surface area contributed by atoms with E-state index in [4.69, 9.17) is 18.9 Å². The Morgan fingerprint density at radius 2 is 1.06 bits per heavy atom. The van der Waals surface area contributed by atoms with Crippen molar-refractivity contribution in [3.8, 4) is 23.0 Å². The largest absolute Gasteiger partial charge is 0.492 e. The topological polar surface area (TPSA) is 36.9 Å². The van der Waals surface area contributed by atoms with Crippen LogP contribution in [-0.4, -0.2) is 28.4 Å². The molecule has 0 aliphatic rings. The van der Waals surface area contributed by atoms with E-state index >= 15 is 0 Å². The highest BCUT2D eigenvalue weighted by Crippen LogP contribution is 2.49. The number of methoxy groups -OCH3 is 4. The predicted molar refractivity (Wildman–Crippen MR) is 70.1 cm³/mol. The van der Waals surface area contributed by atoms with Gasteiger partial charge in [-0.2, -0.15) is 0 Å². The Morgan fingerprint density at radius 3 is 1.44 bits per heavy atom. The average molecular weight is 338 g/mol. The van der Waals surface area contributed by atoms with Gasteiger partial charge in [0.1, 0.15) is 0 Å². The third kappa shape index (κ3) is 2.00. The lowest BCUT2D eigenvalue weighted by Gasteiger charge is -2.18. The van der Waals surface area contributed by atoms with Crippen molar-refractivity contribution in [3.05, 3.63) is 9.13 Å². The Kier molecular flexibility index (Phi) is 4.52. The fourth-order valence-electron chi connectivity index (χ4n) is 1.55. The molecular weight excluding hydrogens is 323 g/mol. The van der Waals surface area contributed by atoms with Crippen LogP contribution in [0.1, 0.15) is 5.56 Å². The van der Waals surface area contributed by atoms with Gasteiger partial charge < -0.3 is 18.9 Å². The molecule has 0 saturated carbocycles. The summed E-state index contributed by atoms with van der Waals surface area (Å²) < 4.78 is 22.2. The van der Waals surface area contributed by atoms with E-state index in [9.17, 15) is 0 Å². The van der Waals surface area contributed by atoms with Crippen LogP contribution in [0.4, 0.5) is 0 Å². The van der Waals surface area contributed by atoms with Gasteiger partial charge in [-0.15, -0.1) is 0 Å². The van der Waals surface area contributed by atoms with Crippen LogP contribution >= 0.6 is 22.6 Å². The maximum absolute atomic E-state index is 5.32. The molecule has 1 rings (SSSR count). The highest BCUT2D eigenvalue weighted by atomic mass is 127. The van der Waals surface area contributed by atoms with E-state index in [0.29, 0.717) is 23.0 Å². The summed E-state index contributed by atoms with van der Waals surface area (Å²) in [5.74, 6) is 2.44. The number of hydrogen-bond donors (Lipinski definition) is 0. The highest BCUT2D eigenvalue weighted by Gasteiger charge is 2.23. The van der Waals surface area contributed by atoms with E-state index in [2.05, 4.69) is 22.6 Å². The van der Waals surface area contributed by atoms with Crippen LogP contribution in [-0.2, 0) is 0 Å². The third-order valence-electron chi connectivity index (χ3n) is 2.30. The Hall–Kier alpha value is -0.850. The lowest BCUT2D eigenvalue weighted by atomic mass is 10.1. The monoisotopic (exact) mass is 338 g/mol. The number of halogens is 1. The Balaban J connectivity index is 3.61. The van der Waals surface area contributed by atoms with Crippen molar-refractivity contribution in [2.75, 3.05) is 28.4 Å². The second-order valence-electron chi connectivity index (χ2n) is 3.07. The summed E-state index contributed by atoms with van der Waals surface area (Å²) in [5, 5.41) is 0. The van der Waals surface area contributed by atoms with Crippen LogP contribution in [0, 0.1) is 10.5 Å². The van der Waals surface area contributed by atoms with Gasteiger partial charge in [-0.3, -0.25) is 0 Å². The summed E-state index contributed by atoms with van der Waals surface area (Å²) in [5.41, 5.74) is 0.970. The van der Waals surface area contributed by atoms with E-state index in [1.54, 1.807) is 28.4 Å². The number of rotatable bonds is 4. The Morgan fingerprint density at radius 1 is 0.688 bits per heavy atom. The summed E-state index contributed by atoms with van der Waals surface area (Å²) in [7, 11) is 6.36. The molecular formula is C11H15IO4. The molecule has 0 amide bonds. The first-order chi connectivity index (χ1) is 7.62. The minimum Gasteiger partial charge on any atom is -0.492 e. The standard InChI is InChI=1S/C11H15IO4/c1-6-7(12)9(14-3)11(16-5)10(15-4)8(6)13-2/h1-5H3. The van der Waals surface area contributed by atoms with Crippen molar-refractivity contribution in [1.29, 1.82) is 0 Å². The number of benzene rings is 1. The molecule has 0 aliphatic heterocycles. The minimum atomic E-state index is 0.553. The zero-order valence-corrected chi connectivity index (χ0v) is 12.2. The van der Waals surface area contributed by atoms with E-state index < -0.39 is 0 Å². The molecule has 0 aliphatic carbocycles. The zero-order valence-electron chi connectivity index (χ0n) is 10.0. The number of hydrogen-bond acceptors (Lipinski definition) is 4. The van der Waals surface area contributed by atoms with Crippen molar-refractivity contribution < 1.29 is 18.9 Å². The second kappa shape index (κ2) is 5.47. The van der Waals surface area contributed by atoms with Gasteiger partial charge in [-0.25, -0.2) is 0 Å². The summed E-state index contributed by atoms with van der Waals surface area (Å²) in [6.07, 6.45) is 0. The van der Waals surface area contributed by atoms with E-state index in [1.165, 1.54) is 0 Å². The normalized spacial score (nSPS) is 9.88. The number of ether oxygens (including phenoxy) is 4. The Bertz CT molecular complexity index is 353. The molecule has 0 radical (unpaired) electrons.